The van der Waals surface area contributed by atoms with Crippen LogP contribution in [0, 0.1) is 13.8 Å². The number of amides is 2. The average Bonchev–Trinajstić information content (AvgIpc) is 2.67. The summed E-state index contributed by atoms with van der Waals surface area (Å²) < 4.78 is 0. The van der Waals surface area contributed by atoms with Gasteiger partial charge >= 0.3 is 12.0 Å². The van der Waals surface area contributed by atoms with E-state index in [0.29, 0.717) is 6.42 Å². The van der Waals surface area contributed by atoms with Crippen LogP contribution in [0.2, 0.25) is 0 Å². The quantitative estimate of drug-likeness (QED) is 0.722. The normalized spacial score (nSPS) is 13.5. The molecular formula is C14H23N3O3S. The van der Waals surface area contributed by atoms with E-state index in [9.17, 15) is 9.59 Å². The Balaban J connectivity index is 2.58. The zero-order chi connectivity index (χ0) is 16.0. The van der Waals surface area contributed by atoms with Crippen LogP contribution < -0.4 is 10.6 Å². The zero-order valence-corrected chi connectivity index (χ0v) is 13.7. The van der Waals surface area contributed by atoms with Crippen LogP contribution >= 0.6 is 11.3 Å². The van der Waals surface area contributed by atoms with Gasteiger partial charge in [-0.2, -0.15) is 0 Å². The van der Waals surface area contributed by atoms with Crippen LogP contribution in [0.4, 0.5) is 4.79 Å². The average molecular weight is 313 g/mol. The molecule has 0 saturated carbocycles. The lowest BCUT2D eigenvalue weighted by molar-refractivity contribution is -0.137. The molecule has 0 aromatic carbocycles. The molecule has 1 aromatic rings. The Labute approximate surface area is 129 Å². The Morgan fingerprint density at radius 3 is 2.48 bits per heavy atom. The fourth-order valence-electron chi connectivity index (χ4n) is 2.22. The smallest absolute Gasteiger partial charge is 0.315 e. The molecule has 2 amide bonds. The molecular weight excluding hydrogens is 290 g/mol. The zero-order valence-electron chi connectivity index (χ0n) is 12.9. The first-order valence-corrected chi connectivity index (χ1v) is 7.87. The first-order valence-electron chi connectivity index (χ1n) is 7.06. The van der Waals surface area contributed by atoms with E-state index < -0.39 is 5.97 Å². The van der Waals surface area contributed by atoms with E-state index in [4.69, 9.17) is 5.11 Å². The number of urea groups is 1. The number of hydrogen-bond acceptors (Lipinski definition) is 4. The third kappa shape index (κ3) is 5.71. The molecule has 21 heavy (non-hydrogen) atoms. The number of nitrogens with zero attached hydrogens (tertiary/aromatic N) is 1. The minimum atomic E-state index is -0.907. The van der Waals surface area contributed by atoms with Crippen molar-refractivity contribution in [1.82, 2.24) is 15.6 Å². The highest BCUT2D eigenvalue weighted by Gasteiger charge is 2.18. The Kier molecular flexibility index (Phi) is 6.61. The van der Waals surface area contributed by atoms with E-state index in [1.165, 1.54) is 0 Å². The molecule has 0 aliphatic carbocycles. The molecule has 2 atom stereocenters. The predicted octanol–water partition coefficient (Wildman–Crippen LogP) is 2.76. The summed E-state index contributed by atoms with van der Waals surface area (Å²) in [5.74, 6) is -0.907. The third-order valence-electron chi connectivity index (χ3n) is 3.07. The summed E-state index contributed by atoms with van der Waals surface area (Å²) in [5, 5.41) is 15.4. The van der Waals surface area contributed by atoms with Gasteiger partial charge in [0.05, 0.1) is 23.2 Å². The number of rotatable bonds is 7. The summed E-state index contributed by atoms with van der Waals surface area (Å²) >= 11 is 1.56. The molecule has 3 N–H and O–H groups in total. The molecule has 7 heteroatoms. The number of carboxylic acids is 1. The molecule has 0 aliphatic rings. The van der Waals surface area contributed by atoms with Crippen molar-refractivity contribution in [3.63, 3.8) is 0 Å². The summed E-state index contributed by atoms with van der Waals surface area (Å²) in [6.45, 7) is 7.70. The van der Waals surface area contributed by atoms with Gasteiger partial charge in [0, 0.05) is 10.9 Å². The lowest BCUT2D eigenvalue weighted by atomic mass is 10.1. The summed E-state index contributed by atoms with van der Waals surface area (Å²) in [5.41, 5.74) is 0.918. The molecule has 0 spiro atoms. The number of carbonyl (C=O) groups is 2. The Morgan fingerprint density at radius 1 is 1.33 bits per heavy atom. The van der Waals surface area contributed by atoms with Crippen LogP contribution in [-0.2, 0) is 4.79 Å². The van der Waals surface area contributed by atoms with E-state index >= 15 is 0 Å². The van der Waals surface area contributed by atoms with Gasteiger partial charge in [-0.15, -0.1) is 11.3 Å². The molecule has 0 radical (unpaired) electrons. The van der Waals surface area contributed by atoms with Crippen molar-refractivity contribution < 1.29 is 14.7 Å². The number of aromatic nitrogens is 1. The Hall–Kier alpha value is -1.63. The molecule has 6 nitrogen and oxygen atoms in total. The first-order chi connectivity index (χ1) is 9.83. The van der Waals surface area contributed by atoms with Crippen LogP contribution in [0.25, 0.3) is 0 Å². The third-order valence-corrected chi connectivity index (χ3v) is 4.33. The number of carboxylic acid groups (broad SMARTS) is 1. The second kappa shape index (κ2) is 7.97. The monoisotopic (exact) mass is 313 g/mol. The molecule has 1 heterocycles. The van der Waals surface area contributed by atoms with Gasteiger partial charge in [0.1, 0.15) is 0 Å². The van der Waals surface area contributed by atoms with E-state index in [2.05, 4.69) is 15.6 Å². The predicted molar refractivity (Wildman–Crippen MR) is 82.6 cm³/mol. The summed E-state index contributed by atoms with van der Waals surface area (Å²) in [6, 6.07) is -0.833. The number of aryl methyl sites for hydroxylation is 2. The van der Waals surface area contributed by atoms with E-state index in [-0.39, 0.29) is 24.5 Å². The molecule has 0 saturated heterocycles. The number of thiazole rings is 1. The molecule has 1 rings (SSSR count). The maximum Gasteiger partial charge on any atom is 0.315 e. The second-order valence-corrected chi connectivity index (χ2v) is 6.34. The number of hydrogen-bond donors (Lipinski definition) is 3. The number of aliphatic carboxylic acids is 1. The van der Waals surface area contributed by atoms with Crippen molar-refractivity contribution in [3.05, 3.63) is 15.6 Å². The first kappa shape index (κ1) is 17.4. The maximum absolute atomic E-state index is 12.0. The Morgan fingerprint density at radius 2 is 2.00 bits per heavy atom. The molecule has 0 bridgehead atoms. The van der Waals surface area contributed by atoms with E-state index in [0.717, 1.165) is 22.0 Å². The maximum atomic E-state index is 12.0. The molecule has 0 fully saturated rings. The molecule has 0 aliphatic heterocycles. The van der Waals surface area contributed by atoms with Crippen LogP contribution in [0.1, 0.15) is 54.7 Å². The van der Waals surface area contributed by atoms with Crippen LogP contribution in [0.5, 0.6) is 0 Å². The van der Waals surface area contributed by atoms with Crippen molar-refractivity contribution in [2.45, 2.75) is 59.0 Å². The summed E-state index contributed by atoms with van der Waals surface area (Å²) in [6.07, 6.45) is 1.40. The number of nitrogens with one attached hydrogen (secondary N) is 2. The van der Waals surface area contributed by atoms with Gasteiger partial charge in [-0.25, -0.2) is 9.78 Å². The number of carbonyl (C=O) groups excluding carboxylic acids is 1. The van der Waals surface area contributed by atoms with Crippen molar-refractivity contribution >= 4 is 23.3 Å². The van der Waals surface area contributed by atoms with Gasteiger partial charge < -0.3 is 15.7 Å². The van der Waals surface area contributed by atoms with Crippen LogP contribution in [0.3, 0.4) is 0 Å². The molecule has 118 valence electrons. The van der Waals surface area contributed by atoms with Gasteiger partial charge in [0.2, 0.25) is 0 Å². The van der Waals surface area contributed by atoms with Crippen molar-refractivity contribution in [1.29, 1.82) is 0 Å². The summed E-state index contributed by atoms with van der Waals surface area (Å²) in [7, 11) is 0. The van der Waals surface area contributed by atoms with Crippen molar-refractivity contribution in [2.24, 2.45) is 0 Å². The minimum absolute atomic E-state index is 0.0612. The van der Waals surface area contributed by atoms with E-state index in [1.807, 2.05) is 27.7 Å². The van der Waals surface area contributed by atoms with Gasteiger partial charge in [-0.3, -0.25) is 4.79 Å². The lowest BCUT2D eigenvalue weighted by Crippen LogP contribution is -2.43. The Bertz CT molecular complexity index is 502. The van der Waals surface area contributed by atoms with Crippen molar-refractivity contribution in [2.75, 3.05) is 0 Å². The van der Waals surface area contributed by atoms with Gasteiger partial charge in [0.15, 0.2) is 0 Å². The molecule has 2 unspecified atom stereocenters. The van der Waals surface area contributed by atoms with Gasteiger partial charge in [0.25, 0.3) is 0 Å². The largest absolute Gasteiger partial charge is 0.481 e. The second-order valence-electron chi connectivity index (χ2n) is 5.11. The highest BCUT2D eigenvalue weighted by Crippen LogP contribution is 2.24. The highest BCUT2D eigenvalue weighted by atomic mass is 32.1. The van der Waals surface area contributed by atoms with E-state index in [1.54, 1.807) is 11.3 Å². The SMILES string of the molecule is CCCC(CC(=O)O)NC(=O)NC(C)c1sc(C)nc1C. The standard InChI is InChI=1S/C14H23N3O3S/c1-5-6-11(7-12(18)19)17-14(20)16-9(3)13-8(2)15-10(4)21-13/h9,11H,5-7H2,1-4H3,(H,18,19)(H2,16,17,20). The molecule has 1 aromatic heterocycles. The fourth-order valence-corrected chi connectivity index (χ4v) is 3.15. The highest BCUT2D eigenvalue weighted by molar-refractivity contribution is 7.11. The van der Waals surface area contributed by atoms with Crippen LogP contribution in [0.15, 0.2) is 0 Å². The van der Waals surface area contributed by atoms with Crippen LogP contribution in [-0.4, -0.2) is 28.1 Å². The topological polar surface area (TPSA) is 91.3 Å². The van der Waals surface area contributed by atoms with Crippen molar-refractivity contribution in [3.8, 4) is 0 Å². The minimum Gasteiger partial charge on any atom is -0.481 e. The summed E-state index contributed by atoms with van der Waals surface area (Å²) in [4.78, 5) is 28.1. The van der Waals surface area contributed by atoms with Gasteiger partial charge in [-0.1, -0.05) is 13.3 Å². The fraction of sp³-hybridized carbons (Fsp3) is 0.643. The lowest BCUT2D eigenvalue weighted by Gasteiger charge is -2.19. The van der Waals surface area contributed by atoms with Gasteiger partial charge in [-0.05, 0) is 27.2 Å².